The lowest BCUT2D eigenvalue weighted by atomic mass is 10.1. The fourth-order valence-corrected chi connectivity index (χ4v) is 2.53. The molecule has 0 aliphatic rings. The lowest BCUT2D eigenvalue weighted by Crippen LogP contribution is -2.38. The molecule has 0 saturated carbocycles. The van der Waals surface area contributed by atoms with Gasteiger partial charge in [-0.15, -0.1) is 11.8 Å². The Morgan fingerprint density at radius 1 is 1.35 bits per heavy atom. The minimum absolute atomic E-state index is 0.0964. The second kappa shape index (κ2) is 7.77. The molecule has 2 unspecified atom stereocenters. The average Bonchev–Trinajstić information content (AvgIpc) is 2.36. The van der Waals surface area contributed by atoms with Gasteiger partial charge in [0.1, 0.15) is 0 Å². The van der Waals surface area contributed by atoms with Crippen molar-refractivity contribution in [2.45, 2.75) is 24.8 Å². The topological polar surface area (TPSA) is 29.1 Å². The molecule has 2 atom stereocenters. The third-order valence-corrected chi connectivity index (χ3v) is 4.63. The van der Waals surface area contributed by atoms with Crippen molar-refractivity contribution in [2.75, 3.05) is 11.1 Å². The standard InChI is InChI=1S/C13H18BrNOS/c1-10(8-14)11(2)15-13(16)9-17-12-6-4-3-5-7-12/h3-7,10-11H,8-9H2,1-2H3,(H,15,16). The summed E-state index contributed by atoms with van der Waals surface area (Å²) < 4.78 is 0. The highest BCUT2D eigenvalue weighted by Crippen LogP contribution is 2.16. The summed E-state index contributed by atoms with van der Waals surface area (Å²) >= 11 is 4.99. The number of alkyl halides is 1. The molecule has 0 spiro atoms. The Hall–Kier alpha value is -0.480. The fraction of sp³-hybridized carbons (Fsp3) is 0.462. The van der Waals surface area contributed by atoms with Crippen molar-refractivity contribution in [1.82, 2.24) is 5.32 Å². The SMILES string of the molecule is CC(CBr)C(C)NC(=O)CSc1ccccc1. The van der Waals surface area contributed by atoms with E-state index in [0.29, 0.717) is 11.7 Å². The molecule has 1 amide bonds. The summed E-state index contributed by atoms with van der Waals surface area (Å²) in [6.45, 7) is 4.15. The molecule has 1 aromatic rings. The monoisotopic (exact) mass is 315 g/mol. The first-order chi connectivity index (χ1) is 8.13. The number of nitrogens with one attached hydrogen (secondary N) is 1. The van der Waals surface area contributed by atoms with E-state index in [4.69, 9.17) is 0 Å². The Bertz CT molecular complexity index is 345. The van der Waals surface area contributed by atoms with Gasteiger partial charge in [0.05, 0.1) is 5.75 Å². The van der Waals surface area contributed by atoms with Gasteiger partial charge in [-0.05, 0) is 25.0 Å². The molecule has 17 heavy (non-hydrogen) atoms. The van der Waals surface area contributed by atoms with Crippen LogP contribution in [0, 0.1) is 5.92 Å². The van der Waals surface area contributed by atoms with Crippen molar-refractivity contribution < 1.29 is 4.79 Å². The largest absolute Gasteiger partial charge is 0.353 e. The van der Waals surface area contributed by atoms with Gasteiger partial charge in [-0.3, -0.25) is 4.79 Å². The molecular formula is C13H18BrNOS. The highest BCUT2D eigenvalue weighted by Gasteiger charge is 2.13. The van der Waals surface area contributed by atoms with E-state index in [2.05, 4.69) is 28.2 Å². The second-order valence-electron chi connectivity index (χ2n) is 4.09. The summed E-state index contributed by atoms with van der Waals surface area (Å²) in [6, 6.07) is 10.2. The lowest BCUT2D eigenvalue weighted by Gasteiger charge is -2.19. The smallest absolute Gasteiger partial charge is 0.230 e. The molecule has 0 heterocycles. The molecule has 0 bridgehead atoms. The summed E-state index contributed by atoms with van der Waals surface area (Å²) in [7, 11) is 0. The zero-order valence-electron chi connectivity index (χ0n) is 10.2. The van der Waals surface area contributed by atoms with Crippen LogP contribution in [0.15, 0.2) is 35.2 Å². The molecule has 94 valence electrons. The Kier molecular flexibility index (Phi) is 6.66. The van der Waals surface area contributed by atoms with Gasteiger partial charge in [0.25, 0.3) is 0 Å². The third kappa shape index (κ3) is 5.59. The molecule has 1 rings (SSSR count). The van der Waals surface area contributed by atoms with Crippen LogP contribution in [0.3, 0.4) is 0 Å². The van der Waals surface area contributed by atoms with E-state index in [-0.39, 0.29) is 11.9 Å². The zero-order valence-corrected chi connectivity index (χ0v) is 12.6. The Labute approximate surface area is 116 Å². The van der Waals surface area contributed by atoms with Gasteiger partial charge in [-0.1, -0.05) is 41.1 Å². The Morgan fingerprint density at radius 2 is 2.00 bits per heavy atom. The maximum absolute atomic E-state index is 11.7. The number of halogens is 1. The van der Waals surface area contributed by atoms with E-state index >= 15 is 0 Å². The van der Waals surface area contributed by atoms with Crippen LogP contribution in [0.25, 0.3) is 0 Å². The summed E-state index contributed by atoms with van der Waals surface area (Å²) in [6.07, 6.45) is 0. The first kappa shape index (κ1) is 14.6. The Balaban J connectivity index is 2.31. The second-order valence-corrected chi connectivity index (χ2v) is 5.79. The van der Waals surface area contributed by atoms with Crippen molar-refractivity contribution in [1.29, 1.82) is 0 Å². The van der Waals surface area contributed by atoms with E-state index in [1.807, 2.05) is 37.3 Å². The van der Waals surface area contributed by atoms with Crippen LogP contribution in [-0.2, 0) is 4.79 Å². The number of thioether (sulfide) groups is 1. The predicted octanol–water partition coefficient (Wildman–Crippen LogP) is 3.31. The third-order valence-electron chi connectivity index (χ3n) is 2.60. The molecule has 0 aliphatic heterocycles. The first-order valence-corrected chi connectivity index (χ1v) is 7.77. The number of hydrogen-bond acceptors (Lipinski definition) is 2. The number of carbonyl (C=O) groups is 1. The number of rotatable bonds is 6. The normalized spacial score (nSPS) is 14.1. The van der Waals surface area contributed by atoms with Gasteiger partial charge in [0.15, 0.2) is 0 Å². The van der Waals surface area contributed by atoms with Gasteiger partial charge in [-0.25, -0.2) is 0 Å². The summed E-state index contributed by atoms with van der Waals surface area (Å²) in [4.78, 5) is 12.8. The quantitative estimate of drug-likeness (QED) is 0.644. The average molecular weight is 316 g/mol. The molecule has 1 aromatic carbocycles. The molecule has 2 nitrogen and oxygen atoms in total. The van der Waals surface area contributed by atoms with Gasteiger partial charge in [-0.2, -0.15) is 0 Å². The fourth-order valence-electron chi connectivity index (χ4n) is 1.24. The van der Waals surface area contributed by atoms with Crippen molar-refractivity contribution >= 4 is 33.6 Å². The van der Waals surface area contributed by atoms with Gasteiger partial charge in [0.2, 0.25) is 5.91 Å². The maximum Gasteiger partial charge on any atom is 0.230 e. The molecule has 0 saturated heterocycles. The summed E-state index contributed by atoms with van der Waals surface area (Å²) in [5.74, 6) is 1.02. The number of amides is 1. The van der Waals surface area contributed by atoms with Crippen LogP contribution < -0.4 is 5.32 Å². The minimum atomic E-state index is 0.0964. The van der Waals surface area contributed by atoms with E-state index in [0.717, 1.165) is 10.2 Å². The summed E-state index contributed by atoms with van der Waals surface area (Å²) in [5, 5.41) is 3.91. The number of hydrogen-bond donors (Lipinski definition) is 1. The molecule has 0 fully saturated rings. The van der Waals surface area contributed by atoms with Crippen LogP contribution in [0.5, 0.6) is 0 Å². The number of benzene rings is 1. The van der Waals surface area contributed by atoms with Crippen molar-refractivity contribution in [3.05, 3.63) is 30.3 Å². The minimum Gasteiger partial charge on any atom is -0.353 e. The van der Waals surface area contributed by atoms with Crippen LogP contribution in [-0.4, -0.2) is 23.0 Å². The van der Waals surface area contributed by atoms with E-state index in [1.54, 1.807) is 11.8 Å². The predicted molar refractivity (Wildman–Crippen MR) is 77.7 cm³/mol. The molecular weight excluding hydrogens is 298 g/mol. The van der Waals surface area contributed by atoms with Crippen molar-refractivity contribution in [3.8, 4) is 0 Å². The summed E-state index contributed by atoms with van der Waals surface area (Å²) in [5.41, 5.74) is 0. The molecule has 1 N–H and O–H groups in total. The number of carbonyl (C=O) groups excluding carboxylic acids is 1. The van der Waals surface area contributed by atoms with Crippen molar-refractivity contribution in [2.24, 2.45) is 5.92 Å². The van der Waals surface area contributed by atoms with Gasteiger partial charge >= 0.3 is 0 Å². The van der Waals surface area contributed by atoms with Gasteiger partial charge in [0, 0.05) is 16.3 Å². The lowest BCUT2D eigenvalue weighted by molar-refractivity contribution is -0.119. The maximum atomic E-state index is 11.7. The Morgan fingerprint density at radius 3 is 2.59 bits per heavy atom. The highest BCUT2D eigenvalue weighted by molar-refractivity contribution is 9.09. The van der Waals surface area contributed by atoms with Gasteiger partial charge < -0.3 is 5.32 Å². The van der Waals surface area contributed by atoms with E-state index in [1.165, 1.54) is 0 Å². The molecule has 4 heteroatoms. The molecule has 0 aromatic heterocycles. The molecule has 0 radical (unpaired) electrons. The highest BCUT2D eigenvalue weighted by atomic mass is 79.9. The molecule has 0 aliphatic carbocycles. The van der Waals surface area contributed by atoms with E-state index < -0.39 is 0 Å². The van der Waals surface area contributed by atoms with Crippen molar-refractivity contribution in [3.63, 3.8) is 0 Å². The van der Waals surface area contributed by atoms with Crippen LogP contribution in [0.4, 0.5) is 0 Å². The van der Waals surface area contributed by atoms with E-state index in [9.17, 15) is 4.79 Å². The first-order valence-electron chi connectivity index (χ1n) is 5.66. The zero-order chi connectivity index (χ0) is 12.7. The van der Waals surface area contributed by atoms with Crippen LogP contribution >= 0.6 is 27.7 Å². The van der Waals surface area contributed by atoms with Crippen LogP contribution in [0.1, 0.15) is 13.8 Å². The van der Waals surface area contributed by atoms with Crippen LogP contribution in [0.2, 0.25) is 0 Å².